The third-order valence-corrected chi connectivity index (χ3v) is 6.80. The maximum absolute atomic E-state index is 13.0. The molecule has 0 aliphatic carbocycles. The normalized spacial score (nSPS) is 12.8. The highest BCUT2D eigenvalue weighted by molar-refractivity contribution is 7.98. The molecule has 2 aromatic carbocycles. The number of hydrogen-bond acceptors (Lipinski definition) is 4. The van der Waals surface area contributed by atoms with Crippen molar-refractivity contribution in [3.8, 4) is 0 Å². The first-order valence-corrected chi connectivity index (χ1v) is 12.0. The van der Waals surface area contributed by atoms with Crippen molar-refractivity contribution in [2.45, 2.75) is 49.9 Å². The topological polar surface area (TPSA) is 75.3 Å². The lowest BCUT2D eigenvalue weighted by Gasteiger charge is -2.20. The van der Waals surface area contributed by atoms with Gasteiger partial charge in [0, 0.05) is 16.9 Å². The molecule has 2 N–H and O–H groups in total. The highest BCUT2D eigenvalue weighted by atomic mass is 32.2. The van der Waals surface area contributed by atoms with E-state index >= 15 is 0 Å². The monoisotopic (exact) mass is 420 g/mol. The number of anilines is 1. The summed E-state index contributed by atoms with van der Waals surface area (Å²) >= 11 is 1.46. The van der Waals surface area contributed by atoms with Crippen molar-refractivity contribution in [2.24, 2.45) is 5.92 Å². The lowest BCUT2D eigenvalue weighted by atomic mass is 10.0. The fraction of sp³-hybridized carbons (Fsp3) is 0.381. The van der Waals surface area contributed by atoms with Gasteiger partial charge in [-0.15, -0.1) is 11.8 Å². The molecule has 0 heterocycles. The van der Waals surface area contributed by atoms with Crippen LogP contribution < -0.4 is 10.0 Å². The first kappa shape index (κ1) is 22.5. The summed E-state index contributed by atoms with van der Waals surface area (Å²) in [4.78, 5) is 13.1. The van der Waals surface area contributed by atoms with Gasteiger partial charge < -0.3 is 5.32 Å². The molecule has 0 saturated carbocycles. The molecule has 152 valence electrons. The number of benzene rings is 2. The van der Waals surface area contributed by atoms with Crippen LogP contribution in [-0.4, -0.2) is 20.6 Å². The highest BCUT2D eigenvalue weighted by Gasteiger charge is 2.23. The summed E-state index contributed by atoms with van der Waals surface area (Å²) < 4.78 is 28.9. The SMILES string of the molecule is CC[C@@H](NS(=O)(=O)c1ccc(SC)c(NC(=O)C(C)C)c1)c1ccccc1C. The van der Waals surface area contributed by atoms with E-state index in [1.165, 1.54) is 17.8 Å². The van der Waals surface area contributed by atoms with Crippen molar-refractivity contribution in [3.05, 3.63) is 53.6 Å². The molecule has 2 rings (SSSR count). The van der Waals surface area contributed by atoms with Crippen LogP contribution in [0.1, 0.15) is 44.4 Å². The molecule has 0 saturated heterocycles. The first-order chi connectivity index (χ1) is 13.2. The van der Waals surface area contributed by atoms with Gasteiger partial charge in [0.1, 0.15) is 0 Å². The maximum Gasteiger partial charge on any atom is 0.241 e. The van der Waals surface area contributed by atoms with E-state index in [4.69, 9.17) is 0 Å². The van der Waals surface area contributed by atoms with Crippen molar-refractivity contribution in [2.75, 3.05) is 11.6 Å². The third kappa shape index (κ3) is 5.37. The van der Waals surface area contributed by atoms with Gasteiger partial charge in [-0.2, -0.15) is 0 Å². The van der Waals surface area contributed by atoms with Crippen LogP contribution in [0.4, 0.5) is 5.69 Å². The molecule has 0 aliphatic heterocycles. The first-order valence-electron chi connectivity index (χ1n) is 9.26. The molecular formula is C21H28N2O3S2. The third-order valence-electron chi connectivity index (χ3n) is 4.53. The second-order valence-electron chi connectivity index (χ2n) is 6.94. The number of nitrogens with one attached hydrogen (secondary N) is 2. The molecule has 0 unspecified atom stereocenters. The zero-order valence-electron chi connectivity index (χ0n) is 16.9. The largest absolute Gasteiger partial charge is 0.325 e. The Kier molecular flexibility index (Phi) is 7.69. The lowest BCUT2D eigenvalue weighted by molar-refractivity contribution is -0.118. The number of rotatable bonds is 8. The molecule has 0 aliphatic rings. The summed E-state index contributed by atoms with van der Waals surface area (Å²) in [6.07, 6.45) is 2.52. The van der Waals surface area contributed by atoms with E-state index in [0.29, 0.717) is 12.1 Å². The summed E-state index contributed by atoms with van der Waals surface area (Å²) in [5.41, 5.74) is 2.51. The molecule has 1 atom stereocenters. The molecule has 0 fully saturated rings. The zero-order valence-corrected chi connectivity index (χ0v) is 18.6. The highest BCUT2D eigenvalue weighted by Crippen LogP contribution is 2.30. The Morgan fingerprint density at radius 2 is 1.82 bits per heavy atom. The Balaban J connectivity index is 2.36. The predicted molar refractivity (Wildman–Crippen MR) is 116 cm³/mol. The van der Waals surface area contributed by atoms with Crippen LogP contribution in [0.25, 0.3) is 0 Å². The van der Waals surface area contributed by atoms with Gasteiger partial charge in [-0.05, 0) is 48.9 Å². The standard InChI is InChI=1S/C21H28N2O3S2/c1-6-18(17-10-8-7-9-15(17)4)23-28(25,26)16-11-12-20(27-5)19(13-16)22-21(24)14(2)3/h7-14,18,23H,6H2,1-5H3,(H,22,24)/t18-/m1/s1. The van der Waals surface area contributed by atoms with E-state index in [9.17, 15) is 13.2 Å². The second kappa shape index (κ2) is 9.58. The van der Waals surface area contributed by atoms with Crippen LogP contribution in [0.3, 0.4) is 0 Å². The van der Waals surface area contributed by atoms with E-state index in [-0.39, 0.29) is 22.8 Å². The zero-order chi connectivity index (χ0) is 20.9. The minimum Gasteiger partial charge on any atom is -0.325 e. The Hall–Kier alpha value is -1.83. The average Bonchev–Trinajstić information content (AvgIpc) is 2.66. The van der Waals surface area contributed by atoms with Crippen LogP contribution >= 0.6 is 11.8 Å². The summed E-state index contributed by atoms with van der Waals surface area (Å²) in [5, 5.41) is 2.83. The number of amides is 1. The van der Waals surface area contributed by atoms with Crippen molar-refractivity contribution < 1.29 is 13.2 Å². The van der Waals surface area contributed by atoms with Crippen LogP contribution in [0.2, 0.25) is 0 Å². The summed E-state index contributed by atoms with van der Waals surface area (Å²) in [5.74, 6) is -0.345. The van der Waals surface area contributed by atoms with E-state index in [1.54, 1.807) is 26.0 Å². The number of carbonyl (C=O) groups is 1. The predicted octanol–water partition coefficient (Wildman–Crippen LogP) is 4.74. The Morgan fingerprint density at radius 1 is 1.14 bits per heavy atom. The molecule has 0 spiro atoms. The van der Waals surface area contributed by atoms with Crippen molar-refractivity contribution in [1.82, 2.24) is 4.72 Å². The molecule has 0 bridgehead atoms. The van der Waals surface area contributed by atoms with Gasteiger partial charge in [0.25, 0.3) is 0 Å². The van der Waals surface area contributed by atoms with Crippen molar-refractivity contribution in [1.29, 1.82) is 0 Å². The van der Waals surface area contributed by atoms with Gasteiger partial charge in [-0.1, -0.05) is 45.0 Å². The van der Waals surface area contributed by atoms with Crippen molar-refractivity contribution in [3.63, 3.8) is 0 Å². The minimum absolute atomic E-state index is 0.136. The van der Waals surface area contributed by atoms with Crippen LogP contribution in [0.15, 0.2) is 52.3 Å². The number of hydrogen-bond donors (Lipinski definition) is 2. The Morgan fingerprint density at radius 3 is 2.39 bits per heavy atom. The molecule has 5 nitrogen and oxygen atoms in total. The number of carbonyl (C=O) groups excluding carboxylic acids is 1. The van der Waals surface area contributed by atoms with Gasteiger partial charge in [0.05, 0.1) is 10.6 Å². The van der Waals surface area contributed by atoms with E-state index in [1.807, 2.05) is 44.4 Å². The van der Waals surface area contributed by atoms with Crippen LogP contribution in [-0.2, 0) is 14.8 Å². The molecule has 28 heavy (non-hydrogen) atoms. The quantitative estimate of drug-likeness (QED) is 0.605. The molecule has 2 aromatic rings. The molecular weight excluding hydrogens is 392 g/mol. The Bertz CT molecular complexity index is 940. The van der Waals surface area contributed by atoms with E-state index < -0.39 is 10.0 Å². The summed E-state index contributed by atoms with van der Waals surface area (Å²) in [6, 6.07) is 12.3. The second-order valence-corrected chi connectivity index (χ2v) is 9.51. The van der Waals surface area contributed by atoms with Gasteiger partial charge in [0.2, 0.25) is 15.9 Å². The van der Waals surface area contributed by atoms with Crippen molar-refractivity contribution >= 4 is 33.4 Å². The van der Waals surface area contributed by atoms with Crippen LogP contribution in [0, 0.1) is 12.8 Å². The molecule has 0 radical (unpaired) electrons. The smallest absolute Gasteiger partial charge is 0.241 e. The summed E-state index contributed by atoms with van der Waals surface area (Å²) in [6.45, 7) is 7.51. The average molecular weight is 421 g/mol. The Labute approximate surface area is 172 Å². The van der Waals surface area contributed by atoms with Gasteiger partial charge in [-0.3, -0.25) is 4.79 Å². The lowest BCUT2D eigenvalue weighted by Crippen LogP contribution is -2.29. The fourth-order valence-corrected chi connectivity index (χ4v) is 4.69. The number of aryl methyl sites for hydroxylation is 1. The number of thioether (sulfide) groups is 1. The van der Waals surface area contributed by atoms with E-state index in [2.05, 4.69) is 10.0 Å². The summed E-state index contributed by atoms with van der Waals surface area (Å²) in [7, 11) is -3.75. The molecule has 7 heteroatoms. The number of sulfonamides is 1. The molecule has 1 amide bonds. The fourth-order valence-electron chi connectivity index (χ4n) is 2.83. The van der Waals surface area contributed by atoms with Gasteiger partial charge in [0.15, 0.2) is 0 Å². The van der Waals surface area contributed by atoms with Gasteiger partial charge >= 0.3 is 0 Å². The minimum atomic E-state index is -3.75. The molecule has 0 aromatic heterocycles. The van der Waals surface area contributed by atoms with Gasteiger partial charge in [-0.25, -0.2) is 13.1 Å². The maximum atomic E-state index is 13.0. The van der Waals surface area contributed by atoms with E-state index in [0.717, 1.165) is 16.0 Å². The van der Waals surface area contributed by atoms with Crippen LogP contribution in [0.5, 0.6) is 0 Å².